The van der Waals surface area contributed by atoms with E-state index in [9.17, 15) is 0 Å². The Bertz CT molecular complexity index is 596. The monoisotopic (exact) mass is 277 g/mol. The minimum absolute atomic E-state index is 0.410. The smallest absolute Gasteiger partial charge is 0.259 e. The van der Waals surface area contributed by atoms with Gasteiger partial charge in [0.2, 0.25) is 0 Å². The molecule has 1 fully saturated rings. The number of hydrogen-bond donors (Lipinski definition) is 1. The van der Waals surface area contributed by atoms with Crippen molar-refractivity contribution in [2.24, 2.45) is 5.92 Å². The Labute approximate surface area is 117 Å². The van der Waals surface area contributed by atoms with Crippen molar-refractivity contribution in [3.63, 3.8) is 0 Å². The van der Waals surface area contributed by atoms with E-state index in [4.69, 9.17) is 21.9 Å². The lowest BCUT2D eigenvalue weighted by molar-refractivity contribution is 0.415. The van der Waals surface area contributed by atoms with Crippen LogP contribution in [-0.4, -0.2) is 10.1 Å². The highest BCUT2D eigenvalue weighted by molar-refractivity contribution is 6.33. The number of nitrogens with zero attached hydrogens (tertiary/aromatic N) is 2. The van der Waals surface area contributed by atoms with Gasteiger partial charge in [-0.2, -0.15) is 4.98 Å². The first-order chi connectivity index (χ1) is 9.13. The highest BCUT2D eigenvalue weighted by Gasteiger charge is 2.27. The molecule has 1 aliphatic rings. The van der Waals surface area contributed by atoms with E-state index >= 15 is 0 Å². The molecule has 1 aliphatic carbocycles. The number of nitrogens with two attached hydrogens (primary N) is 1. The summed E-state index contributed by atoms with van der Waals surface area (Å²) in [6, 6.07) is 5.26. The fraction of sp³-hybridized carbons (Fsp3) is 0.429. The molecule has 2 aromatic rings. The average molecular weight is 278 g/mol. The van der Waals surface area contributed by atoms with Gasteiger partial charge in [0.05, 0.1) is 10.6 Å². The SMILES string of the molecule is CC1CCC(c2noc(-c3cc(N)ccc3Cl)n2)C1. The van der Waals surface area contributed by atoms with Crippen molar-refractivity contribution in [2.75, 3.05) is 5.73 Å². The molecule has 1 heterocycles. The van der Waals surface area contributed by atoms with Crippen LogP contribution in [-0.2, 0) is 0 Å². The molecule has 19 heavy (non-hydrogen) atoms. The molecule has 0 radical (unpaired) electrons. The van der Waals surface area contributed by atoms with Crippen LogP contribution in [0.4, 0.5) is 5.69 Å². The van der Waals surface area contributed by atoms with Gasteiger partial charge >= 0.3 is 0 Å². The lowest BCUT2D eigenvalue weighted by atomic mass is 10.1. The summed E-state index contributed by atoms with van der Waals surface area (Å²) in [7, 11) is 0. The fourth-order valence-corrected chi connectivity index (χ4v) is 2.86. The van der Waals surface area contributed by atoms with Crippen molar-refractivity contribution >= 4 is 17.3 Å². The molecule has 3 rings (SSSR count). The van der Waals surface area contributed by atoms with Crippen LogP contribution < -0.4 is 5.73 Å². The second kappa shape index (κ2) is 4.85. The molecule has 5 heteroatoms. The van der Waals surface area contributed by atoms with Crippen molar-refractivity contribution in [2.45, 2.75) is 32.1 Å². The molecule has 0 aliphatic heterocycles. The summed E-state index contributed by atoms with van der Waals surface area (Å²) in [6.07, 6.45) is 3.49. The summed E-state index contributed by atoms with van der Waals surface area (Å²) in [5, 5.41) is 4.67. The van der Waals surface area contributed by atoms with Gasteiger partial charge in [-0.15, -0.1) is 0 Å². The largest absolute Gasteiger partial charge is 0.399 e. The van der Waals surface area contributed by atoms with Crippen LogP contribution in [0.3, 0.4) is 0 Å². The molecule has 2 unspecified atom stereocenters. The fourth-order valence-electron chi connectivity index (χ4n) is 2.66. The number of benzene rings is 1. The van der Waals surface area contributed by atoms with Crippen molar-refractivity contribution in [1.82, 2.24) is 10.1 Å². The van der Waals surface area contributed by atoms with Crippen molar-refractivity contribution in [3.05, 3.63) is 29.0 Å². The van der Waals surface area contributed by atoms with Gasteiger partial charge in [0.15, 0.2) is 5.82 Å². The topological polar surface area (TPSA) is 64.9 Å². The van der Waals surface area contributed by atoms with Gasteiger partial charge in [0, 0.05) is 11.6 Å². The zero-order valence-electron chi connectivity index (χ0n) is 10.8. The molecular formula is C14H16ClN3O. The molecular weight excluding hydrogens is 262 g/mol. The van der Waals surface area contributed by atoms with Gasteiger partial charge in [-0.3, -0.25) is 0 Å². The van der Waals surface area contributed by atoms with Gasteiger partial charge in [-0.25, -0.2) is 0 Å². The number of aromatic nitrogens is 2. The number of halogens is 1. The minimum atomic E-state index is 0.410. The Kier molecular flexibility index (Phi) is 3.19. The maximum absolute atomic E-state index is 6.14. The number of anilines is 1. The van der Waals surface area contributed by atoms with Crippen molar-refractivity contribution in [1.29, 1.82) is 0 Å². The minimum Gasteiger partial charge on any atom is -0.399 e. The van der Waals surface area contributed by atoms with Gasteiger partial charge in [-0.1, -0.05) is 23.7 Å². The van der Waals surface area contributed by atoms with Crippen LogP contribution in [0.25, 0.3) is 11.5 Å². The third-order valence-electron chi connectivity index (χ3n) is 3.72. The number of rotatable bonds is 2. The van der Waals surface area contributed by atoms with Crippen LogP contribution in [0.5, 0.6) is 0 Å². The van der Waals surface area contributed by atoms with Gasteiger partial charge in [0.25, 0.3) is 5.89 Å². The zero-order valence-corrected chi connectivity index (χ0v) is 11.5. The first kappa shape index (κ1) is 12.5. The predicted molar refractivity (Wildman–Crippen MR) is 74.9 cm³/mol. The van der Waals surface area contributed by atoms with E-state index in [0.717, 1.165) is 24.6 Å². The van der Waals surface area contributed by atoms with Crippen molar-refractivity contribution in [3.8, 4) is 11.5 Å². The Balaban J connectivity index is 1.90. The van der Waals surface area contributed by atoms with E-state index in [0.29, 0.717) is 28.1 Å². The van der Waals surface area contributed by atoms with E-state index in [1.54, 1.807) is 18.2 Å². The Morgan fingerprint density at radius 1 is 1.37 bits per heavy atom. The van der Waals surface area contributed by atoms with E-state index in [1.807, 2.05) is 0 Å². The number of hydrogen-bond acceptors (Lipinski definition) is 4. The second-order valence-corrected chi connectivity index (χ2v) is 5.72. The highest BCUT2D eigenvalue weighted by Crippen LogP contribution is 2.37. The molecule has 100 valence electrons. The molecule has 4 nitrogen and oxygen atoms in total. The molecule has 0 amide bonds. The van der Waals surface area contributed by atoms with E-state index in [1.165, 1.54) is 6.42 Å². The normalized spacial score (nSPS) is 22.8. The zero-order chi connectivity index (χ0) is 13.4. The van der Waals surface area contributed by atoms with E-state index in [-0.39, 0.29) is 0 Å². The molecule has 0 spiro atoms. The Morgan fingerprint density at radius 2 is 2.21 bits per heavy atom. The molecule has 1 saturated carbocycles. The predicted octanol–water partition coefficient (Wildman–Crippen LogP) is 3.88. The van der Waals surface area contributed by atoms with Gasteiger partial charge < -0.3 is 10.3 Å². The summed E-state index contributed by atoms with van der Waals surface area (Å²) in [5.41, 5.74) is 7.10. The van der Waals surface area contributed by atoms with Crippen LogP contribution in [0.2, 0.25) is 5.02 Å². The molecule has 0 bridgehead atoms. The second-order valence-electron chi connectivity index (χ2n) is 5.31. The van der Waals surface area contributed by atoms with Gasteiger partial charge in [-0.05, 0) is 43.4 Å². The molecule has 1 aromatic heterocycles. The summed E-state index contributed by atoms with van der Waals surface area (Å²) < 4.78 is 5.33. The van der Waals surface area contributed by atoms with E-state index < -0.39 is 0 Å². The van der Waals surface area contributed by atoms with Crippen molar-refractivity contribution < 1.29 is 4.52 Å². The maximum Gasteiger partial charge on any atom is 0.259 e. The molecule has 1 aromatic carbocycles. The summed E-state index contributed by atoms with van der Waals surface area (Å²) in [4.78, 5) is 4.48. The highest BCUT2D eigenvalue weighted by atomic mass is 35.5. The summed E-state index contributed by atoms with van der Waals surface area (Å²) >= 11 is 6.14. The van der Waals surface area contributed by atoms with Gasteiger partial charge in [0.1, 0.15) is 0 Å². The molecule has 2 atom stereocenters. The van der Waals surface area contributed by atoms with Crippen LogP contribution >= 0.6 is 11.6 Å². The van der Waals surface area contributed by atoms with Crippen LogP contribution in [0, 0.1) is 5.92 Å². The number of nitrogen functional groups attached to an aromatic ring is 1. The first-order valence-corrected chi connectivity index (χ1v) is 6.90. The Morgan fingerprint density at radius 3 is 2.95 bits per heavy atom. The Hall–Kier alpha value is -1.55. The molecule has 0 saturated heterocycles. The lowest BCUT2D eigenvalue weighted by Crippen LogP contribution is -1.96. The maximum atomic E-state index is 6.14. The summed E-state index contributed by atoms with van der Waals surface area (Å²) in [6.45, 7) is 2.26. The third kappa shape index (κ3) is 2.45. The van der Waals surface area contributed by atoms with Crippen LogP contribution in [0.15, 0.2) is 22.7 Å². The lowest BCUT2D eigenvalue weighted by Gasteiger charge is -2.02. The quantitative estimate of drug-likeness (QED) is 0.846. The standard InChI is InChI=1S/C14H16ClN3O/c1-8-2-3-9(6-8)13-17-14(19-18-13)11-7-10(16)4-5-12(11)15/h4-5,7-9H,2-3,6,16H2,1H3. The van der Waals surface area contributed by atoms with E-state index in [2.05, 4.69) is 17.1 Å². The average Bonchev–Trinajstić information content (AvgIpc) is 3.00. The first-order valence-electron chi connectivity index (χ1n) is 6.52. The molecule has 2 N–H and O–H groups in total. The third-order valence-corrected chi connectivity index (χ3v) is 4.05. The summed E-state index contributed by atoms with van der Waals surface area (Å²) in [5.74, 6) is 2.39. The van der Waals surface area contributed by atoms with Crippen LogP contribution in [0.1, 0.15) is 37.9 Å².